The van der Waals surface area contributed by atoms with E-state index in [0.717, 1.165) is 35.0 Å². The lowest BCUT2D eigenvalue weighted by molar-refractivity contribution is -0.131. The summed E-state index contributed by atoms with van der Waals surface area (Å²) < 4.78 is 11.2. The molecule has 0 bridgehead atoms. The van der Waals surface area contributed by atoms with E-state index in [1.54, 1.807) is 11.8 Å². The summed E-state index contributed by atoms with van der Waals surface area (Å²) in [5, 5.41) is 0. The van der Waals surface area contributed by atoms with Crippen molar-refractivity contribution in [3.8, 4) is 11.5 Å². The number of ether oxygens (including phenoxy) is 2. The molecule has 2 aromatic carbocycles. The van der Waals surface area contributed by atoms with Gasteiger partial charge in [0.15, 0.2) is 11.5 Å². The average molecular weight is 369 g/mol. The van der Waals surface area contributed by atoms with Crippen molar-refractivity contribution >= 4 is 17.7 Å². The predicted octanol–water partition coefficient (Wildman–Crippen LogP) is 3.57. The number of hydrogen-bond donors (Lipinski definition) is 0. The van der Waals surface area contributed by atoms with Crippen LogP contribution in [0.1, 0.15) is 17.5 Å². The summed E-state index contributed by atoms with van der Waals surface area (Å²) in [4.78, 5) is 15.6. The number of benzene rings is 2. The van der Waals surface area contributed by atoms with Gasteiger partial charge < -0.3 is 14.4 Å². The van der Waals surface area contributed by atoms with Crippen molar-refractivity contribution < 1.29 is 14.3 Å². The molecule has 2 aromatic rings. The van der Waals surface area contributed by atoms with Crippen LogP contribution in [-0.2, 0) is 17.6 Å². The fourth-order valence-electron chi connectivity index (χ4n) is 3.56. The molecule has 2 aliphatic rings. The summed E-state index contributed by atoms with van der Waals surface area (Å²) in [5.74, 6) is 2.58. The van der Waals surface area contributed by atoms with Crippen LogP contribution in [0.3, 0.4) is 0 Å². The van der Waals surface area contributed by atoms with Crippen molar-refractivity contribution in [2.75, 3.05) is 26.0 Å². The molecule has 0 N–H and O–H groups in total. The van der Waals surface area contributed by atoms with Crippen LogP contribution in [-0.4, -0.2) is 42.9 Å². The van der Waals surface area contributed by atoms with Gasteiger partial charge in [-0.1, -0.05) is 24.3 Å². The zero-order valence-electron chi connectivity index (χ0n) is 14.9. The molecule has 26 heavy (non-hydrogen) atoms. The Balaban J connectivity index is 1.28. The van der Waals surface area contributed by atoms with Gasteiger partial charge in [0.1, 0.15) is 13.2 Å². The van der Waals surface area contributed by atoms with Crippen LogP contribution >= 0.6 is 11.8 Å². The molecule has 0 fully saturated rings. The summed E-state index contributed by atoms with van der Waals surface area (Å²) >= 11 is 1.69. The first-order valence-electron chi connectivity index (χ1n) is 9.05. The number of fused-ring (bicyclic) bond motifs is 2. The molecule has 136 valence electrons. The van der Waals surface area contributed by atoms with Crippen molar-refractivity contribution in [1.82, 2.24) is 4.90 Å². The lowest BCUT2D eigenvalue weighted by atomic mass is 10.1. The molecule has 0 saturated carbocycles. The molecule has 1 amide bonds. The van der Waals surface area contributed by atoms with E-state index in [4.69, 9.17) is 9.47 Å². The van der Waals surface area contributed by atoms with Crippen molar-refractivity contribution in [3.63, 3.8) is 0 Å². The number of nitrogens with zero attached hydrogens (tertiary/aromatic N) is 1. The Morgan fingerprint density at radius 1 is 1.08 bits per heavy atom. The SMILES string of the molecule is CN(C(=O)CCSc1ccc2c(c1)OCCO2)C1Cc2ccccc2C1. The second kappa shape index (κ2) is 7.62. The van der Waals surface area contributed by atoms with Gasteiger partial charge in [-0.15, -0.1) is 11.8 Å². The Kier molecular flexibility index (Phi) is 5.07. The van der Waals surface area contributed by atoms with Gasteiger partial charge >= 0.3 is 0 Å². The minimum atomic E-state index is 0.216. The third-order valence-electron chi connectivity index (χ3n) is 5.07. The molecule has 1 aliphatic carbocycles. The maximum absolute atomic E-state index is 12.6. The second-order valence-corrected chi connectivity index (χ2v) is 7.91. The van der Waals surface area contributed by atoms with Gasteiger partial charge in [-0.3, -0.25) is 4.79 Å². The van der Waals surface area contributed by atoms with Crippen LogP contribution in [0.2, 0.25) is 0 Å². The largest absolute Gasteiger partial charge is 0.486 e. The first-order valence-corrected chi connectivity index (χ1v) is 10.0. The topological polar surface area (TPSA) is 38.8 Å². The maximum Gasteiger partial charge on any atom is 0.223 e. The van der Waals surface area contributed by atoms with E-state index >= 15 is 0 Å². The molecule has 1 aliphatic heterocycles. The number of hydrogen-bond acceptors (Lipinski definition) is 4. The minimum absolute atomic E-state index is 0.216. The van der Waals surface area contributed by atoms with E-state index < -0.39 is 0 Å². The highest BCUT2D eigenvalue weighted by molar-refractivity contribution is 7.99. The Bertz CT molecular complexity index is 783. The average Bonchev–Trinajstić information content (AvgIpc) is 3.11. The molecule has 5 heteroatoms. The van der Waals surface area contributed by atoms with Crippen LogP contribution in [0.15, 0.2) is 47.4 Å². The van der Waals surface area contributed by atoms with Gasteiger partial charge in [-0.05, 0) is 42.2 Å². The molecule has 4 rings (SSSR count). The van der Waals surface area contributed by atoms with Gasteiger partial charge in [0.05, 0.1) is 0 Å². The van der Waals surface area contributed by atoms with Gasteiger partial charge in [-0.25, -0.2) is 0 Å². The van der Waals surface area contributed by atoms with E-state index in [1.807, 2.05) is 30.1 Å². The van der Waals surface area contributed by atoms with Crippen LogP contribution in [0, 0.1) is 0 Å². The van der Waals surface area contributed by atoms with Crippen LogP contribution < -0.4 is 9.47 Å². The molecule has 0 spiro atoms. The third-order valence-corrected chi connectivity index (χ3v) is 6.06. The highest BCUT2D eigenvalue weighted by atomic mass is 32.2. The number of carbonyl (C=O) groups excluding carboxylic acids is 1. The predicted molar refractivity (Wildman–Crippen MR) is 103 cm³/mol. The summed E-state index contributed by atoms with van der Waals surface area (Å²) in [6.07, 6.45) is 2.48. The number of likely N-dealkylation sites (N-methyl/N-ethyl adjacent to an activating group) is 1. The van der Waals surface area contributed by atoms with Gasteiger partial charge in [0.25, 0.3) is 0 Å². The molecular weight excluding hydrogens is 346 g/mol. The zero-order valence-corrected chi connectivity index (χ0v) is 15.8. The van der Waals surface area contributed by atoms with Gasteiger partial charge in [0, 0.05) is 30.2 Å². The van der Waals surface area contributed by atoms with Crippen LogP contribution in [0.5, 0.6) is 11.5 Å². The summed E-state index contributed by atoms with van der Waals surface area (Å²) in [7, 11) is 1.94. The van der Waals surface area contributed by atoms with E-state index in [0.29, 0.717) is 25.7 Å². The molecule has 0 atom stereocenters. The minimum Gasteiger partial charge on any atom is -0.486 e. The summed E-state index contributed by atoms with van der Waals surface area (Å²) in [6, 6.07) is 14.8. The Labute approximate surface area is 158 Å². The first kappa shape index (κ1) is 17.3. The number of rotatable bonds is 5. The van der Waals surface area contributed by atoms with Crippen LogP contribution in [0.4, 0.5) is 0 Å². The Hall–Kier alpha value is -2.14. The molecule has 0 aromatic heterocycles. The number of carbonyl (C=O) groups is 1. The highest BCUT2D eigenvalue weighted by Gasteiger charge is 2.26. The van der Waals surface area contributed by atoms with E-state index in [2.05, 4.69) is 24.3 Å². The fraction of sp³-hybridized carbons (Fsp3) is 0.381. The fourth-order valence-corrected chi connectivity index (χ4v) is 4.43. The molecule has 1 heterocycles. The van der Waals surface area contributed by atoms with Crippen molar-refractivity contribution in [1.29, 1.82) is 0 Å². The second-order valence-electron chi connectivity index (χ2n) is 6.74. The third kappa shape index (κ3) is 3.68. The smallest absolute Gasteiger partial charge is 0.223 e. The van der Waals surface area contributed by atoms with Gasteiger partial charge in [-0.2, -0.15) is 0 Å². The number of thioether (sulfide) groups is 1. The van der Waals surface area contributed by atoms with Crippen LogP contribution in [0.25, 0.3) is 0 Å². The summed E-state index contributed by atoms with van der Waals surface area (Å²) in [6.45, 7) is 1.19. The lowest BCUT2D eigenvalue weighted by Crippen LogP contribution is -2.37. The molecule has 0 unspecified atom stereocenters. The standard InChI is InChI=1S/C21H23NO3S/c1-22(17-12-15-4-2-3-5-16(15)13-17)21(23)8-11-26-18-6-7-19-20(14-18)25-10-9-24-19/h2-7,14,17H,8-13H2,1H3. The van der Waals surface area contributed by atoms with Crippen molar-refractivity contribution in [2.45, 2.75) is 30.2 Å². The quantitative estimate of drug-likeness (QED) is 0.756. The van der Waals surface area contributed by atoms with Crippen molar-refractivity contribution in [2.24, 2.45) is 0 Å². The Morgan fingerprint density at radius 2 is 1.77 bits per heavy atom. The summed E-state index contributed by atoms with van der Waals surface area (Å²) in [5.41, 5.74) is 2.76. The van der Waals surface area contributed by atoms with Crippen molar-refractivity contribution in [3.05, 3.63) is 53.6 Å². The van der Waals surface area contributed by atoms with E-state index in [1.165, 1.54) is 11.1 Å². The molecule has 0 radical (unpaired) electrons. The molecular formula is C21H23NO3S. The monoisotopic (exact) mass is 369 g/mol. The maximum atomic E-state index is 12.6. The zero-order chi connectivity index (χ0) is 17.9. The molecule has 4 nitrogen and oxygen atoms in total. The first-order chi connectivity index (χ1) is 12.7. The van der Waals surface area contributed by atoms with E-state index in [-0.39, 0.29) is 5.91 Å². The van der Waals surface area contributed by atoms with Gasteiger partial charge in [0.2, 0.25) is 5.91 Å². The van der Waals surface area contributed by atoms with E-state index in [9.17, 15) is 4.79 Å². The molecule has 0 saturated heterocycles. The normalized spacial score (nSPS) is 15.6. The highest BCUT2D eigenvalue weighted by Crippen LogP contribution is 2.34. The Morgan fingerprint density at radius 3 is 2.50 bits per heavy atom. The lowest BCUT2D eigenvalue weighted by Gasteiger charge is -2.24. The number of amides is 1.